The molecule has 114 valence electrons. The SMILES string of the molecule is C#CCNc1nc(Nc2ccc(S(N)(=O)=O)cc2)ncc1Br. The molecular weight excluding hydrogens is 370 g/mol. The number of hydrogen-bond donors (Lipinski definition) is 3. The summed E-state index contributed by atoms with van der Waals surface area (Å²) in [6, 6.07) is 5.93. The lowest BCUT2D eigenvalue weighted by Gasteiger charge is -2.09. The summed E-state index contributed by atoms with van der Waals surface area (Å²) >= 11 is 3.31. The summed E-state index contributed by atoms with van der Waals surface area (Å²) in [5.74, 6) is 3.34. The molecule has 0 fully saturated rings. The first kappa shape index (κ1) is 16.2. The summed E-state index contributed by atoms with van der Waals surface area (Å²) in [5.41, 5.74) is 0.623. The van der Waals surface area contributed by atoms with E-state index in [2.05, 4.69) is 42.5 Å². The Balaban J connectivity index is 2.19. The Labute approximate surface area is 136 Å². The van der Waals surface area contributed by atoms with Crippen molar-refractivity contribution >= 4 is 43.4 Å². The van der Waals surface area contributed by atoms with Gasteiger partial charge in [0.2, 0.25) is 16.0 Å². The molecule has 2 aromatic rings. The Kier molecular flexibility index (Phi) is 4.97. The zero-order valence-corrected chi connectivity index (χ0v) is 13.6. The number of anilines is 3. The predicted molar refractivity (Wildman–Crippen MR) is 88.2 cm³/mol. The number of nitrogens with zero attached hydrogens (tertiary/aromatic N) is 2. The number of nitrogens with one attached hydrogen (secondary N) is 2. The Hall–Kier alpha value is -2.15. The number of hydrogen-bond acceptors (Lipinski definition) is 6. The molecule has 2 rings (SSSR count). The van der Waals surface area contributed by atoms with Gasteiger partial charge >= 0.3 is 0 Å². The van der Waals surface area contributed by atoms with Crippen LogP contribution in [-0.2, 0) is 10.0 Å². The van der Waals surface area contributed by atoms with Gasteiger partial charge in [0, 0.05) is 11.9 Å². The van der Waals surface area contributed by atoms with Gasteiger partial charge in [0.05, 0.1) is 15.9 Å². The zero-order valence-electron chi connectivity index (χ0n) is 11.2. The minimum atomic E-state index is -3.71. The third kappa shape index (κ3) is 4.17. The standard InChI is InChI=1S/C13H12BrN5O2S/c1-2-7-16-12-11(14)8-17-13(19-12)18-9-3-5-10(6-4-9)22(15,20)21/h1,3-6,8H,7H2,(H2,15,20,21)(H2,16,17,18,19). The van der Waals surface area contributed by atoms with E-state index in [0.717, 1.165) is 0 Å². The van der Waals surface area contributed by atoms with Crippen molar-refractivity contribution in [3.63, 3.8) is 0 Å². The van der Waals surface area contributed by atoms with Crippen molar-refractivity contribution in [3.05, 3.63) is 34.9 Å². The molecule has 0 atom stereocenters. The van der Waals surface area contributed by atoms with Gasteiger partial charge in [0.1, 0.15) is 5.82 Å². The summed E-state index contributed by atoms with van der Waals surface area (Å²) in [7, 11) is -3.71. The van der Waals surface area contributed by atoms with Gasteiger partial charge in [0.25, 0.3) is 0 Å². The monoisotopic (exact) mass is 381 g/mol. The quantitative estimate of drug-likeness (QED) is 0.679. The molecule has 7 nitrogen and oxygen atoms in total. The molecule has 9 heteroatoms. The molecule has 0 spiro atoms. The van der Waals surface area contributed by atoms with Crippen LogP contribution in [0.1, 0.15) is 0 Å². The molecule has 0 aliphatic rings. The molecule has 0 bridgehead atoms. The van der Waals surface area contributed by atoms with Crippen LogP contribution in [0.2, 0.25) is 0 Å². The lowest BCUT2D eigenvalue weighted by Crippen LogP contribution is -2.11. The number of halogens is 1. The summed E-state index contributed by atoms with van der Waals surface area (Å²) < 4.78 is 23.1. The summed E-state index contributed by atoms with van der Waals surface area (Å²) in [4.78, 5) is 8.40. The van der Waals surface area contributed by atoms with Gasteiger partial charge in [-0.05, 0) is 40.2 Å². The minimum absolute atomic E-state index is 0.0335. The fraction of sp³-hybridized carbons (Fsp3) is 0.0769. The first-order chi connectivity index (χ1) is 10.4. The van der Waals surface area contributed by atoms with Crippen LogP contribution in [0.4, 0.5) is 17.5 Å². The fourth-order valence-electron chi connectivity index (χ4n) is 1.54. The summed E-state index contributed by atoms with van der Waals surface area (Å²) in [6.45, 7) is 0.331. The van der Waals surface area contributed by atoms with Crippen molar-refractivity contribution in [2.45, 2.75) is 4.90 Å². The predicted octanol–water partition coefficient (Wildman–Crippen LogP) is 1.68. The maximum Gasteiger partial charge on any atom is 0.238 e. The van der Waals surface area contributed by atoms with E-state index >= 15 is 0 Å². The largest absolute Gasteiger partial charge is 0.358 e. The normalized spacial score (nSPS) is 10.8. The molecule has 0 aliphatic carbocycles. The van der Waals surface area contributed by atoms with Crippen molar-refractivity contribution in [1.29, 1.82) is 0 Å². The molecule has 1 aromatic carbocycles. The van der Waals surface area contributed by atoms with Gasteiger partial charge in [-0.3, -0.25) is 0 Å². The molecule has 0 saturated heterocycles. The van der Waals surface area contributed by atoms with Gasteiger partial charge in [-0.25, -0.2) is 18.5 Å². The van der Waals surface area contributed by atoms with E-state index in [-0.39, 0.29) is 4.90 Å². The van der Waals surface area contributed by atoms with Crippen molar-refractivity contribution in [2.24, 2.45) is 5.14 Å². The average molecular weight is 382 g/mol. The molecule has 0 radical (unpaired) electrons. The molecule has 22 heavy (non-hydrogen) atoms. The van der Waals surface area contributed by atoms with Gasteiger partial charge < -0.3 is 10.6 Å². The van der Waals surface area contributed by atoms with E-state index < -0.39 is 10.0 Å². The van der Waals surface area contributed by atoms with E-state index in [1.54, 1.807) is 18.3 Å². The highest BCUT2D eigenvalue weighted by atomic mass is 79.9. The van der Waals surface area contributed by atoms with Crippen LogP contribution in [0.25, 0.3) is 0 Å². The maximum absolute atomic E-state index is 11.2. The van der Waals surface area contributed by atoms with Crippen molar-refractivity contribution in [3.8, 4) is 12.3 Å². The number of rotatable bonds is 5. The number of terminal acetylenes is 1. The third-order valence-electron chi connectivity index (χ3n) is 2.54. The smallest absolute Gasteiger partial charge is 0.238 e. The van der Waals surface area contributed by atoms with Crippen molar-refractivity contribution < 1.29 is 8.42 Å². The molecule has 0 unspecified atom stereocenters. The number of primary sulfonamides is 1. The molecule has 1 heterocycles. The second kappa shape index (κ2) is 6.74. The first-order valence-corrected chi connectivity index (χ1v) is 8.34. The van der Waals surface area contributed by atoms with Gasteiger partial charge in [0.15, 0.2) is 0 Å². The zero-order chi connectivity index (χ0) is 16.2. The van der Waals surface area contributed by atoms with Crippen molar-refractivity contribution in [1.82, 2.24) is 9.97 Å². The maximum atomic E-state index is 11.2. The van der Waals surface area contributed by atoms with E-state index in [0.29, 0.717) is 28.5 Å². The Morgan fingerprint density at radius 1 is 1.32 bits per heavy atom. The number of sulfonamides is 1. The molecule has 4 N–H and O–H groups in total. The van der Waals surface area contributed by atoms with Gasteiger partial charge in [-0.2, -0.15) is 4.98 Å². The average Bonchev–Trinajstić information content (AvgIpc) is 2.47. The topological polar surface area (TPSA) is 110 Å². The second-order valence-corrected chi connectivity index (χ2v) is 6.56. The van der Waals surface area contributed by atoms with E-state index in [4.69, 9.17) is 11.6 Å². The third-order valence-corrected chi connectivity index (χ3v) is 4.05. The van der Waals surface area contributed by atoms with Crippen LogP contribution in [-0.4, -0.2) is 24.9 Å². The summed E-state index contributed by atoms with van der Waals surface area (Å²) in [5, 5.41) is 10.9. The lowest BCUT2D eigenvalue weighted by atomic mass is 10.3. The van der Waals surface area contributed by atoms with Gasteiger partial charge in [-0.15, -0.1) is 6.42 Å². The number of aromatic nitrogens is 2. The van der Waals surface area contributed by atoms with E-state index in [9.17, 15) is 8.42 Å². The Morgan fingerprint density at radius 2 is 2.00 bits per heavy atom. The second-order valence-electron chi connectivity index (χ2n) is 4.14. The fourth-order valence-corrected chi connectivity index (χ4v) is 2.39. The van der Waals surface area contributed by atoms with Gasteiger partial charge in [-0.1, -0.05) is 5.92 Å². The Morgan fingerprint density at radius 3 is 2.59 bits per heavy atom. The van der Waals surface area contributed by atoms with Crippen LogP contribution in [0.5, 0.6) is 0 Å². The van der Waals surface area contributed by atoms with Crippen LogP contribution in [0.3, 0.4) is 0 Å². The molecule has 0 amide bonds. The summed E-state index contributed by atoms with van der Waals surface area (Å²) in [6.07, 6.45) is 6.77. The van der Waals surface area contributed by atoms with Crippen LogP contribution in [0.15, 0.2) is 39.8 Å². The molecule has 0 saturated carbocycles. The van der Waals surface area contributed by atoms with Crippen LogP contribution in [0, 0.1) is 12.3 Å². The first-order valence-electron chi connectivity index (χ1n) is 6.00. The van der Waals surface area contributed by atoms with E-state index in [1.165, 1.54) is 12.1 Å². The number of benzene rings is 1. The van der Waals surface area contributed by atoms with E-state index in [1.807, 2.05) is 0 Å². The highest BCUT2D eigenvalue weighted by molar-refractivity contribution is 9.10. The number of nitrogens with two attached hydrogens (primary N) is 1. The highest BCUT2D eigenvalue weighted by Crippen LogP contribution is 2.22. The molecular formula is C13H12BrN5O2S. The van der Waals surface area contributed by atoms with Crippen molar-refractivity contribution in [2.75, 3.05) is 17.2 Å². The molecule has 0 aliphatic heterocycles. The van der Waals surface area contributed by atoms with Crippen LogP contribution >= 0.6 is 15.9 Å². The molecule has 1 aromatic heterocycles. The lowest BCUT2D eigenvalue weighted by molar-refractivity contribution is 0.598. The minimum Gasteiger partial charge on any atom is -0.358 e. The van der Waals surface area contributed by atoms with Crippen LogP contribution < -0.4 is 15.8 Å². The Bertz CT molecular complexity index is 815. The highest BCUT2D eigenvalue weighted by Gasteiger charge is 2.08.